The van der Waals surface area contributed by atoms with Gasteiger partial charge in [0.1, 0.15) is 0 Å². The fourth-order valence-electron chi connectivity index (χ4n) is 2.96. The number of nitrogens with zero attached hydrogens (tertiary/aromatic N) is 4. The molecular weight excluding hydrogens is 356 g/mol. The highest BCUT2D eigenvalue weighted by atomic mass is 32.2. The van der Waals surface area contributed by atoms with Gasteiger partial charge in [0.25, 0.3) is 5.91 Å². The van der Waals surface area contributed by atoms with Gasteiger partial charge in [-0.15, -0.1) is 0 Å². The summed E-state index contributed by atoms with van der Waals surface area (Å²) in [7, 11) is -3.21. The number of aryl methyl sites for hydroxylation is 1. The van der Waals surface area contributed by atoms with Crippen molar-refractivity contribution in [2.75, 3.05) is 24.7 Å². The molecule has 26 heavy (non-hydrogen) atoms. The fraction of sp³-hybridized carbons (Fsp3) is 0.471. The van der Waals surface area contributed by atoms with Crippen molar-refractivity contribution < 1.29 is 17.9 Å². The Labute approximate surface area is 152 Å². The average molecular weight is 378 g/mol. The van der Waals surface area contributed by atoms with Gasteiger partial charge >= 0.3 is 0 Å². The summed E-state index contributed by atoms with van der Waals surface area (Å²) in [5, 5.41) is 4.21. The van der Waals surface area contributed by atoms with Crippen LogP contribution in [0.15, 0.2) is 30.7 Å². The Morgan fingerprint density at radius 2 is 2.12 bits per heavy atom. The van der Waals surface area contributed by atoms with Crippen molar-refractivity contribution in [3.05, 3.63) is 41.9 Å². The van der Waals surface area contributed by atoms with E-state index in [2.05, 4.69) is 10.1 Å². The quantitative estimate of drug-likeness (QED) is 0.779. The monoisotopic (exact) mass is 378 g/mol. The van der Waals surface area contributed by atoms with Gasteiger partial charge in [0.15, 0.2) is 9.84 Å². The standard InChI is InChI=1S/C17H22N4O4S/c1-3-20-11-14(10-19-20)15-12-26(23,24)8-7-21(15)17(22)13-5-6-16(18-9-13)25-4-2/h5-6,9-11,15H,3-4,7-8,12H2,1-2H3. The molecule has 1 unspecified atom stereocenters. The average Bonchev–Trinajstić information content (AvgIpc) is 3.10. The Bertz CT molecular complexity index is 876. The van der Waals surface area contributed by atoms with Crippen molar-refractivity contribution >= 4 is 15.7 Å². The topological polar surface area (TPSA) is 94.4 Å². The molecule has 9 heteroatoms. The van der Waals surface area contributed by atoms with Gasteiger partial charge in [0.2, 0.25) is 5.88 Å². The maximum Gasteiger partial charge on any atom is 0.256 e. The molecule has 2 aromatic heterocycles. The van der Waals surface area contributed by atoms with Crippen molar-refractivity contribution in [1.82, 2.24) is 19.7 Å². The molecule has 0 aliphatic carbocycles. The minimum Gasteiger partial charge on any atom is -0.478 e. The summed E-state index contributed by atoms with van der Waals surface area (Å²) in [4.78, 5) is 18.7. The molecule has 3 rings (SSSR count). The zero-order valence-electron chi connectivity index (χ0n) is 14.8. The van der Waals surface area contributed by atoms with Crippen LogP contribution in [0.4, 0.5) is 0 Å². The molecule has 1 amide bonds. The molecule has 0 aromatic carbocycles. The number of sulfone groups is 1. The van der Waals surface area contributed by atoms with E-state index in [-0.39, 0.29) is 24.0 Å². The number of amides is 1. The molecule has 3 heterocycles. The summed E-state index contributed by atoms with van der Waals surface area (Å²) >= 11 is 0. The van der Waals surface area contributed by atoms with E-state index in [1.807, 2.05) is 13.8 Å². The Balaban J connectivity index is 1.88. The molecule has 8 nitrogen and oxygen atoms in total. The zero-order valence-corrected chi connectivity index (χ0v) is 15.6. The minimum absolute atomic E-state index is 0.0401. The molecule has 2 aromatic rings. The van der Waals surface area contributed by atoms with Crippen molar-refractivity contribution in [3.8, 4) is 5.88 Å². The SMILES string of the molecule is CCOc1ccc(C(=O)N2CCS(=O)(=O)CC2c2cnn(CC)c2)cn1. The van der Waals surface area contributed by atoms with Gasteiger partial charge in [-0.25, -0.2) is 13.4 Å². The number of carbonyl (C=O) groups is 1. The maximum atomic E-state index is 13.0. The van der Waals surface area contributed by atoms with Crippen LogP contribution in [0.3, 0.4) is 0 Å². The molecule has 1 saturated heterocycles. The van der Waals surface area contributed by atoms with Crippen LogP contribution >= 0.6 is 0 Å². The van der Waals surface area contributed by atoms with E-state index >= 15 is 0 Å². The summed E-state index contributed by atoms with van der Waals surface area (Å²) in [5.74, 6) is 0.0657. The van der Waals surface area contributed by atoms with Crippen molar-refractivity contribution in [3.63, 3.8) is 0 Å². The van der Waals surface area contributed by atoms with Gasteiger partial charge in [0.05, 0.1) is 35.9 Å². The third kappa shape index (κ3) is 3.87. The second-order valence-corrected chi connectivity index (χ2v) is 8.30. The Morgan fingerprint density at radius 3 is 2.73 bits per heavy atom. The summed E-state index contributed by atoms with van der Waals surface area (Å²) in [6.45, 7) is 5.12. The van der Waals surface area contributed by atoms with E-state index in [0.717, 1.165) is 5.56 Å². The maximum absolute atomic E-state index is 13.0. The molecule has 1 atom stereocenters. The third-order valence-corrected chi connectivity index (χ3v) is 5.96. The summed E-state index contributed by atoms with van der Waals surface area (Å²) in [6, 6.07) is 2.74. The van der Waals surface area contributed by atoms with Crippen LogP contribution in [-0.2, 0) is 16.4 Å². The number of aromatic nitrogens is 3. The molecule has 1 aliphatic rings. The number of pyridine rings is 1. The van der Waals surface area contributed by atoms with E-state index in [9.17, 15) is 13.2 Å². The first-order chi connectivity index (χ1) is 12.4. The Kier molecular flexibility index (Phi) is 5.26. The highest BCUT2D eigenvalue weighted by molar-refractivity contribution is 7.91. The van der Waals surface area contributed by atoms with Gasteiger partial charge in [0, 0.05) is 37.1 Å². The lowest BCUT2D eigenvalue weighted by Crippen LogP contribution is -2.46. The first-order valence-corrected chi connectivity index (χ1v) is 10.4. The molecule has 0 spiro atoms. The van der Waals surface area contributed by atoms with E-state index in [0.29, 0.717) is 24.6 Å². The lowest BCUT2D eigenvalue weighted by molar-refractivity contribution is 0.0697. The number of hydrogen-bond acceptors (Lipinski definition) is 6. The van der Waals surface area contributed by atoms with Gasteiger partial charge in [-0.2, -0.15) is 5.10 Å². The van der Waals surface area contributed by atoms with Crippen LogP contribution in [0.1, 0.15) is 35.8 Å². The second-order valence-electron chi connectivity index (χ2n) is 6.08. The van der Waals surface area contributed by atoms with Crippen LogP contribution in [0.5, 0.6) is 5.88 Å². The minimum atomic E-state index is -3.21. The highest BCUT2D eigenvalue weighted by Crippen LogP contribution is 2.28. The van der Waals surface area contributed by atoms with E-state index < -0.39 is 15.9 Å². The molecule has 1 fully saturated rings. The van der Waals surface area contributed by atoms with Crippen molar-refractivity contribution in [2.45, 2.75) is 26.4 Å². The molecule has 0 bridgehead atoms. The molecule has 140 valence electrons. The summed E-state index contributed by atoms with van der Waals surface area (Å²) in [6.07, 6.45) is 4.89. The molecule has 0 radical (unpaired) electrons. The predicted octanol–water partition coefficient (Wildman–Crippen LogP) is 1.31. The summed E-state index contributed by atoms with van der Waals surface area (Å²) < 4.78 is 31.3. The molecule has 1 aliphatic heterocycles. The molecule has 0 N–H and O–H groups in total. The Hall–Kier alpha value is -2.42. The van der Waals surface area contributed by atoms with Gasteiger partial charge in [-0.1, -0.05) is 0 Å². The van der Waals surface area contributed by atoms with Gasteiger partial charge in [-0.3, -0.25) is 9.48 Å². The lowest BCUT2D eigenvalue weighted by Gasteiger charge is -2.35. The molecule has 0 saturated carbocycles. The lowest BCUT2D eigenvalue weighted by atomic mass is 10.1. The second kappa shape index (κ2) is 7.45. The van der Waals surface area contributed by atoms with Gasteiger partial charge < -0.3 is 9.64 Å². The third-order valence-electron chi connectivity index (χ3n) is 4.33. The highest BCUT2D eigenvalue weighted by Gasteiger charge is 2.36. The molecular formula is C17H22N4O4S. The summed E-state index contributed by atoms with van der Waals surface area (Å²) in [5.41, 5.74) is 1.13. The predicted molar refractivity (Wildman–Crippen MR) is 95.7 cm³/mol. The number of hydrogen-bond donors (Lipinski definition) is 0. The van der Waals surface area contributed by atoms with Crippen LogP contribution in [0.2, 0.25) is 0 Å². The normalized spacial score (nSPS) is 19.3. The first kappa shape index (κ1) is 18.4. The fourth-order valence-corrected chi connectivity index (χ4v) is 4.45. The van der Waals surface area contributed by atoms with Crippen molar-refractivity contribution in [1.29, 1.82) is 0 Å². The zero-order chi connectivity index (χ0) is 18.7. The number of ether oxygens (including phenoxy) is 1. The van der Waals surface area contributed by atoms with Crippen LogP contribution in [0, 0.1) is 0 Å². The van der Waals surface area contributed by atoms with Crippen LogP contribution in [-0.4, -0.2) is 58.6 Å². The van der Waals surface area contributed by atoms with Crippen LogP contribution < -0.4 is 4.74 Å². The van der Waals surface area contributed by atoms with E-state index in [1.165, 1.54) is 6.20 Å². The van der Waals surface area contributed by atoms with E-state index in [1.54, 1.807) is 34.1 Å². The smallest absolute Gasteiger partial charge is 0.256 e. The first-order valence-electron chi connectivity index (χ1n) is 8.56. The van der Waals surface area contributed by atoms with Gasteiger partial charge in [-0.05, 0) is 19.9 Å². The van der Waals surface area contributed by atoms with Crippen molar-refractivity contribution in [2.24, 2.45) is 0 Å². The Morgan fingerprint density at radius 1 is 1.31 bits per heavy atom. The van der Waals surface area contributed by atoms with E-state index in [4.69, 9.17) is 4.74 Å². The van der Waals surface area contributed by atoms with Crippen LogP contribution in [0.25, 0.3) is 0 Å². The number of carbonyl (C=O) groups excluding carboxylic acids is 1. The largest absolute Gasteiger partial charge is 0.478 e. The number of rotatable bonds is 5.